The molecule has 23 heavy (non-hydrogen) atoms. The molecule has 2 unspecified atom stereocenters. The summed E-state index contributed by atoms with van der Waals surface area (Å²) in [5, 5.41) is 6.26. The summed E-state index contributed by atoms with van der Waals surface area (Å²) in [5.41, 5.74) is 6.06. The van der Waals surface area contributed by atoms with Gasteiger partial charge in [0.2, 0.25) is 0 Å². The summed E-state index contributed by atoms with van der Waals surface area (Å²) in [4.78, 5) is 25.0. The normalized spacial score (nSPS) is 19.0. The van der Waals surface area contributed by atoms with Crippen molar-refractivity contribution in [2.75, 3.05) is 19.6 Å². The van der Waals surface area contributed by atoms with Gasteiger partial charge in [-0.3, -0.25) is 0 Å². The molecule has 0 aliphatic carbocycles. The van der Waals surface area contributed by atoms with Crippen LogP contribution in [0.3, 0.4) is 0 Å². The molecule has 2 atom stereocenters. The Morgan fingerprint density at radius 2 is 2.26 bits per heavy atom. The van der Waals surface area contributed by atoms with Crippen molar-refractivity contribution in [3.63, 3.8) is 0 Å². The van der Waals surface area contributed by atoms with Crippen LogP contribution in [-0.4, -0.2) is 36.6 Å². The third-order valence-corrected chi connectivity index (χ3v) is 4.29. The molecule has 6 nitrogen and oxygen atoms in total. The molecular weight excluding hydrogens is 316 g/mol. The van der Waals surface area contributed by atoms with E-state index in [0.717, 1.165) is 24.9 Å². The van der Waals surface area contributed by atoms with Gasteiger partial charge in [0.05, 0.1) is 6.04 Å². The number of benzene rings is 1. The lowest BCUT2D eigenvalue weighted by Gasteiger charge is -2.33. The molecule has 0 saturated carbocycles. The van der Waals surface area contributed by atoms with Crippen LogP contribution < -0.4 is 16.4 Å². The van der Waals surface area contributed by atoms with Gasteiger partial charge in [0.25, 0.3) is 0 Å². The summed E-state index contributed by atoms with van der Waals surface area (Å²) < 4.78 is 0. The van der Waals surface area contributed by atoms with Crippen LogP contribution in [0.2, 0.25) is 5.02 Å². The maximum atomic E-state index is 12.4. The number of urea groups is 2. The Morgan fingerprint density at radius 3 is 2.96 bits per heavy atom. The second kappa shape index (κ2) is 8.06. The summed E-state index contributed by atoms with van der Waals surface area (Å²) in [6.45, 7) is 3.78. The molecule has 1 aliphatic heterocycles. The molecule has 1 aromatic carbocycles. The van der Waals surface area contributed by atoms with Gasteiger partial charge in [-0.1, -0.05) is 23.7 Å². The fourth-order valence-corrected chi connectivity index (χ4v) is 3.00. The molecule has 0 aromatic heterocycles. The Morgan fingerprint density at radius 1 is 1.48 bits per heavy atom. The van der Waals surface area contributed by atoms with Crippen molar-refractivity contribution in [2.24, 2.45) is 11.7 Å². The minimum atomic E-state index is -0.527. The molecule has 7 heteroatoms. The van der Waals surface area contributed by atoms with Crippen LogP contribution in [0, 0.1) is 5.92 Å². The number of hydrogen-bond donors (Lipinski definition) is 3. The Kier molecular flexibility index (Phi) is 6.10. The number of nitrogens with two attached hydrogens (primary N) is 1. The van der Waals surface area contributed by atoms with Gasteiger partial charge >= 0.3 is 12.1 Å². The number of nitrogens with zero attached hydrogens (tertiary/aromatic N) is 1. The van der Waals surface area contributed by atoms with E-state index in [9.17, 15) is 9.59 Å². The van der Waals surface area contributed by atoms with Gasteiger partial charge in [-0.15, -0.1) is 0 Å². The lowest BCUT2D eigenvalue weighted by molar-refractivity contribution is 0.162. The highest BCUT2D eigenvalue weighted by molar-refractivity contribution is 6.30. The zero-order valence-electron chi connectivity index (χ0n) is 13.2. The van der Waals surface area contributed by atoms with Crippen LogP contribution in [0.1, 0.15) is 31.4 Å². The molecule has 2 rings (SSSR count). The largest absolute Gasteiger partial charge is 0.352 e. The van der Waals surface area contributed by atoms with Crippen molar-refractivity contribution in [3.05, 3.63) is 34.9 Å². The molecule has 4 N–H and O–H groups in total. The molecule has 1 fully saturated rings. The maximum Gasteiger partial charge on any atom is 0.317 e. The number of halogens is 1. The molecule has 0 spiro atoms. The van der Waals surface area contributed by atoms with Crippen LogP contribution >= 0.6 is 11.6 Å². The minimum Gasteiger partial charge on any atom is -0.352 e. The average molecular weight is 339 g/mol. The summed E-state index contributed by atoms with van der Waals surface area (Å²) in [6.07, 6.45) is 1.90. The zero-order chi connectivity index (χ0) is 16.8. The Balaban J connectivity index is 1.88. The number of carbonyl (C=O) groups is 2. The summed E-state index contributed by atoms with van der Waals surface area (Å²) in [5.74, 6) is 0.239. The number of primary amides is 1. The fourth-order valence-electron chi connectivity index (χ4n) is 2.80. The molecule has 4 amide bonds. The predicted molar refractivity (Wildman–Crippen MR) is 90.3 cm³/mol. The van der Waals surface area contributed by atoms with E-state index in [4.69, 9.17) is 17.3 Å². The van der Waals surface area contributed by atoms with E-state index in [1.54, 1.807) is 11.0 Å². The smallest absolute Gasteiger partial charge is 0.317 e. The van der Waals surface area contributed by atoms with Gasteiger partial charge in [-0.25, -0.2) is 9.59 Å². The van der Waals surface area contributed by atoms with E-state index >= 15 is 0 Å². The Bertz CT molecular complexity index is 567. The van der Waals surface area contributed by atoms with E-state index in [1.165, 1.54) is 0 Å². The van der Waals surface area contributed by atoms with Crippen molar-refractivity contribution in [3.8, 4) is 0 Å². The average Bonchev–Trinajstić information content (AvgIpc) is 2.53. The first-order chi connectivity index (χ1) is 11.0. The van der Waals surface area contributed by atoms with Gasteiger partial charge in [-0.2, -0.15) is 0 Å². The van der Waals surface area contributed by atoms with Gasteiger partial charge in [0.15, 0.2) is 0 Å². The molecule has 1 aliphatic rings. The van der Waals surface area contributed by atoms with Crippen molar-refractivity contribution < 1.29 is 9.59 Å². The predicted octanol–water partition coefficient (Wildman–Crippen LogP) is 2.49. The first-order valence-corrected chi connectivity index (χ1v) is 8.17. The molecule has 0 bridgehead atoms. The second-order valence-corrected chi connectivity index (χ2v) is 6.36. The third-order valence-electron chi connectivity index (χ3n) is 4.06. The second-order valence-electron chi connectivity index (χ2n) is 5.93. The standard InChI is InChI=1S/C16H23ClN4O2/c1-11(13-5-2-6-14(17)8-13)20-16(23)21-7-3-4-12(10-21)9-19-15(18)22/h2,5-6,8,11-12H,3-4,7,9-10H2,1H3,(H,20,23)(H3,18,19,22). The number of rotatable bonds is 4. The van der Waals surface area contributed by atoms with Gasteiger partial charge in [0.1, 0.15) is 0 Å². The van der Waals surface area contributed by atoms with E-state index in [0.29, 0.717) is 18.1 Å². The van der Waals surface area contributed by atoms with E-state index in [2.05, 4.69) is 10.6 Å². The van der Waals surface area contributed by atoms with Crippen molar-refractivity contribution in [1.82, 2.24) is 15.5 Å². The molecule has 1 saturated heterocycles. The molecule has 0 radical (unpaired) electrons. The number of nitrogens with one attached hydrogen (secondary N) is 2. The van der Waals surface area contributed by atoms with Crippen LogP contribution in [0.25, 0.3) is 0 Å². The van der Waals surface area contributed by atoms with E-state index in [-0.39, 0.29) is 18.0 Å². The quantitative estimate of drug-likeness (QED) is 0.787. The lowest BCUT2D eigenvalue weighted by atomic mass is 9.98. The lowest BCUT2D eigenvalue weighted by Crippen LogP contribution is -2.48. The zero-order valence-corrected chi connectivity index (χ0v) is 14.0. The summed E-state index contributed by atoms with van der Waals surface area (Å²) >= 11 is 5.99. The first-order valence-electron chi connectivity index (χ1n) is 7.80. The third kappa shape index (κ3) is 5.32. The van der Waals surface area contributed by atoms with E-state index < -0.39 is 6.03 Å². The van der Waals surface area contributed by atoms with Crippen LogP contribution in [0.5, 0.6) is 0 Å². The SMILES string of the molecule is CC(NC(=O)N1CCCC(CNC(N)=O)C1)c1cccc(Cl)c1. The van der Waals surface area contributed by atoms with Crippen molar-refractivity contribution >= 4 is 23.7 Å². The first kappa shape index (κ1) is 17.4. The van der Waals surface area contributed by atoms with Crippen molar-refractivity contribution in [2.45, 2.75) is 25.8 Å². The number of likely N-dealkylation sites (tertiary alicyclic amines) is 1. The highest BCUT2D eigenvalue weighted by Crippen LogP contribution is 2.19. The molecular formula is C16H23ClN4O2. The monoisotopic (exact) mass is 338 g/mol. The summed E-state index contributed by atoms with van der Waals surface area (Å²) in [6, 6.07) is 6.72. The number of piperidine rings is 1. The number of hydrogen-bond acceptors (Lipinski definition) is 2. The van der Waals surface area contributed by atoms with Gasteiger partial charge in [0, 0.05) is 24.7 Å². The Hall–Kier alpha value is -1.95. The minimum absolute atomic E-state index is 0.0961. The Labute approximate surface area is 141 Å². The fraction of sp³-hybridized carbons (Fsp3) is 0.500. The van der Waals surface area contributed by atoms with Gasteiger partial charge in [-0.05, 0) is 43.4 Å². The number of carbonyl (C=O) groups excluding carboxylic acids is 2. The molecule has 1 heterocycles. The number of amides is 4. The van der Waals surface area contributed by atoms with Crippen molar-refractivity contribution in [1.29, 1.82) is 0 Å². The highest BCUT2D eigenvalue weighted by atomic mass is 35.5. The maximum absolute atomic E-state index is 12.4. The molecule has 126 valence electrons. The van der Waals surface area contributed by atoms with E-state index in [1.807, 2.05) is 25.1 Å². The van der Waals surface area contributed by atoms with Crippen LogP contribution in [-0.2, 0) is 0 Å². The highest BCUT2D eigenvalue weighted by Gasteiger charge is 2.24. The van der Waals surface area contributed by atoms with Crippen LogP contribution in [0.15, 0.2) is 24.3 Å². The molecule has 1 aromatic rings. The topological polar surface area (TPSA) is 87.5 Å². The van der Waals surface area contributed by atoms with Gasteiger partial charge < -0.3 is 21.3 Å². The summed E-state index contributed by atoms with van der Waals surface area (Å²) in [7, 11) is 0. The van der Waals surface area contributed by atoms with Crippen LogP contribution in [0.4, 0.5) is 9.59 Å².